The van der Waals surface area contributed by atoms with Crippen LogP contribution in [0.2, 0.25) is 0 Å². The van der Waals surface area contributed by atoms with Crippen molar-refractivity contribution in [3.05, 3.63) is 89.7 Å². The maximum atomic E-state index is 13.0. The second kappa shape index (κ2) is 11.5. The lowest BCUT2D eigenvalue weighted by molar-refractivity contribution is -0.119. The summed E-state index contributed by atoms with van der Waals surface area (Å²) in [7, 11) is -3.66. The fraction of sp³-hybridized carbons (Fsp3) is 0.240. The number of nitrogens with one attached hydrogen (secondary N) is 1. The lowest BCUT2D eigenvalue weighted by atomic mass is 10.2. The van der Waals surface area contributed by atoms with Crippen molar-refractivity contribution in [1.29, 1.82) is 0 Å². The monoisotopic (exact) mass is 486 g/mol. The molecule has 0 radical (unpaired) electrons. The highest BCUT2D eigenvalue weighted by Gasteiger charge is 2.20. The molecule has 0 bridgehead atoms. The van der Waals surface area contributed by atoms with E-state index in [9.17, 15) is 17.6 Å². The van der Waals surface area contributed by atoms with Gasteiger partial charge in [0.15, 0.2) is 0 Å². The molecule has 0 spiro atoms. The van der Waals surface area contributed by atoms with E-state index in [1.807, 2.05) is 6.92 Å². The summed E-state index contributed by atoms with van der Waals surface area (Å²) in [6.45, 7) is 2.56. The van der Waals surface area contributed by atoms with E-state index >= 15 is 0 Å². The van der Waals surface area contributed by atoms with Gasteiger partial charge in [-0.15, -0.1) is 0 Å². The molecule has 3 aromatic rings. The van der Waals surface area contributed by atoms with Gasteiger partial charge in [-0.05, 0) is 66.6 Å². The summed E-state index contributed by atoms with van der Waals surface area (Å²) in [5.74, 6) is 0.526. The van der Waals surface area contributed by atoms with Crippen LogP contribution in [0.3, 0.4) is 0 Å². The van der Waals surface area contributed by atoms with Crippen LogP contribution in [-0.2, 0) is 28.0 Å². The molecule has 0 aliphatic rings. The van der Waals surface area contributed by atoms with Gasteiger partial charge in [0.2, 0.25) is 15.9 Å². The van der Waals surface area contributed by atoms with Crippen molar-refractivity contribution in [1.82, 2.24) is 5.32 Å². The number of nitrogens with zero attached hydrogens (tertiary/aromatic N) is 1. The van der Waals surface area contributed by atoms with E-state index in [0.29, 0.717) is 30.4 Å². The molecule has 0 aliphatic carbocycles. The Hall–Kier alpha value is -3.59. The number of sulfonamides is 1. The first-order valence-corrected chi connectivity index (χ1v) is 12.5. The second-order valence-corrected chi connectivity index (χ2v) is 9.44. The molecule has 3 rings (SSSR count). The van der Waals surface area contributed by atoms with Crippen molar-refractivity contribution in [2.24, 2.45) is 0 Å². The van der Waals surface area contributed by atoms with Gasteiger partial charge in [-0.2, -0.15) is 0 Å². The minimum Gasteiger partial charge on any atom is -0.494 e. The number of amides is 1. The van der Waals surface area contributed by atoms with E-state index in [-0.39, 0.29) is 18.9 Å². The fourth-order valence-corrected chi connectivity index (χ4v) is 3.97. The Morgan fingerprint density at radius 1 is 0.882 bits per heavy atom. The van der Waals surface area contributed by atoms with E-state index in [2.05, 4.69) is 5.32 Å². The van der Waals surface area contributed by atoms with Crippen LogP contribution < -0.4 is 19.1 Å². The summed E-state index contributed by atoms with van der Waals surface area (Å²) in [5, 5.41) is 2.74. The third kappa shape index (κ3) is 7.48. The Kier molecular flexibility index (Phi) is 8.48. The molecule has 1 N–H and O–H groups in total. The molecule has 0 atom stereocenters. The summed E-state index contributed by atoms with van der Waals surface area (Å²) in [4.78, 5) is 12.5. The number of hydrogen-bond donors (Lipinski definition) is 1. The van der Waals surface area contributed by atoms with E-state index in [0.717, 1.165) is 21.7 Å². The summed E-state index contributed by atoms with van der Waals surface area (Å²) < 4.78 is 49.6. The molecule has 0 saturated heterocycles. The molecular formula is C25H27FN2O5S. The molecule has 3 aromatic carbocycles. The van der Waals surface area contributed by atoms with Crippen LogP contribution in [0, 0.1) is 5.82 Å². The van der Waals surface area contributed by atoms with Crippen LogP contribution >= 0.6 is 0 Å². The highest BCUT2D eigenvalue weighted by atomic mass is 32.2. The smallest absolute Gasteiger partial charge is 0.241 e. The summed E-state index contributed by atoms with van der Waals surface area (Å²) in [6.07, 6.45) is 1.06. The van der Waals surface area contributed by atoms with Gasteiger partial charge in [0, 0.05) is 6.54 Å². The van der Waals surface area contributed by atoms with Gasteiger partial charge >= 0.3 is 0 Å². The Morgan fingerprint density at radius 2 is 1.44 bits per heavy atom. The van der Waals surface area contributed by atoms with Crippen LogP contribution in [-0.4, -0.2) is 33.7 Å². The Morgan fingerprint density at radius 3 is 2.03 bits per heavy atom. The van der Waals surface area contributed by atoms with Gasteiger partial charge in [-0.3, -0.25) is 9.10 Å². The zero-order chi connectivity index (χ0) is 24.6. The van der Waals surface area contributed by atoms with Crippen molar-refractivity contribution in [2.75, 3.05) is 23.7 Å². The summed E-state index contributed by atoms with van der Waals surface area (Å²) in [5.41, 5.74) is 2.05. The van der Waals surface area contributed by atoms with Crippen molar-refractivity contribution >= 4 is 21.6 Å². The third-order valence-electron chi connectivity index (χ3n) is 4.86. The molecule has 34 heavy (non-hydrogen) atoms. The lowest BCUT2D eigenvalue weighted by Crippen LogP contribution is -2.40. The van der Waals surface area contributed by atoms with E-state index < -0.39 is 15.9 Å². The van der Waals surface area contributed by atoms with Gasteiger partial charge in [-0.1, -0.05) is 24.3 Å². The normalized spacial score (nSPS) is 11.0. The standard InChI is InChI=1S/C25H27FN2O5S/c1-3-32-23-14-10-22(11-15-23)28(34(2,30)31)17-25(29)27-16-19-6-12-24(13-7-19)33-18-20-4-8-21(26)9-5-20/h4-15H,3,16-18H2,1-2H3,(H,27,29). The van der Waals surface area contributed by atoms with Crippen LogP contribution in [0.1, 0.15) is 18.1 Å². The maximum absolute atomic E-state index is 13.0. The molecule has 1 amide bonds. The van der Waals surface area contributed by atoms with Crippen LogP contribution in [0.5, 0.6) is 11.5 Å². The van der Waals surface area contributed by atoms with Crippen LogP contribution in [0.4, 0.5) is 10.1 Å². The quantitative estimate of drug-likeness (QED) is 0.445. The average molecular weight is 487 g/mol. The summed E-state index contributed by atoms with van der Waals surface area (Å²) in [6, 6.07) is 19.8. The highest BCUT2D eigenvalue weighted by Crippen LogP contribution is 2.21. The Labute approximate surface area is 199 Å². The second-order valence-electron chi connectivity index (χ2n) is 7.53. The molecular weight excluding hydrogens is 459 g/mol. The SMILES string of the molecule is CCOc1ccc(N(CC(=O)NCc2ccc(OCc3ccc(F)cc3)cc2)S(C)(=O)=O)cc1. The molecule has 0 unspecified atom stereocenters. The van der Waals surface area contributed by atoms with Gasteiger partial charge in [-0.25, -0.2) is 12.8 Å². The minimum atomic E-state index is -3.66. The first-order chi connectivity index (χ1) is 16.2. The number of carbonyl (C=O) groups excluding carboxylic acids is 1. The largest absolute Gasteiger partial charge is 0.494 e. The number of rotatable bonds is 11. The number of benzene rings is 3. The number of ether oxygens (including phenoxy) is 2. The number of halogens is 1. The van der Waals surface area contributed by atoms with Gasteiger partial charge < -0.3 is 14.8 Å². The van der Waals surface area contributed by atoms with Crippen molar-refractivity contribution in [3.8, 4) is 11.5 Å². The van der Waals surface area contributed by atoms with E-state index in [1.54, 1.807) is 60.7 Å². The molecule has 0 saturated carbocycles. The Balaban J connectivity index is 1.53. The molecule has 0 heterocycles. The third-order valence-corrected chi connectivity index (χ3v) is 6.00. The summed E-state index contributed by atoms with van der Waals surface area (Å²) >= 11 is 0. The zero-order valence-corrected chi connectivity index (χ0v) is 19.8. The minimum absolute atomic E-state index is 0.234. The molecule has 7 nitrogen and oxygen atoms in total. The first kappa shape index (κ1) is 25.0. The molecule has 0 aromatic heterocycles. The van der Waals surface area contributed by atoms with Gasteiger partial charge in [0.05, 0.1) is 18.6 Å². The molecule has 0 fully saturated rings. The number of hydrogen-bond acceptors (Lipinski definition) is 5. The molecule has 0 aliphatic heterocycles. The average Bonchev–Trinajstić information content (AvgIpc) is 2.82. The Bertz CT molecular complexity index is 1180. The molecule has 180 valence electrons. The fourth-order valence-electron chi connectivity index (χ4n) is 3.11. The lowest BCUT2D eigenvalue weighted by Gasteiger charge is -2.22. The van der Waals surface area contributed by atoms with E-state index in [1.165, 1.54) is 12.1 Å². The van der Waals surface area contributed by atoms with Crippen molar-refractivity contribution in [2.45, 2.75) is 20.1 Å². The van der Waals surface area contributed by atoms with E-state index in [4.69, 9.17) is 9.47 Å². The predicted molar refractivity (Wildman–Crippen MR) is 129 cm³/mol. The maximum Gasteiger partial charge on any atom is 0.241 e. The number of anilines is 1. The highest BCUT2D eigenvalue weighted by molar-refractivity contribution is 7.92. The molecule has 9 heteroatoms. The van der Waals surface area contributed by atoms with Gasteiger partial charge in [0.1, 0.15) is 30.5 Å². The van der Waals surface area contributed by atoms with Crippen molar-refractivity contribution < 1.29 is 27.1 Å². The number of carbonyl (C=O) groups is 1. The predicted octanol–water partition coefficient (Wildman–Crippen LogP) is 3.89. The first-order valence-electron chi connectivity index (χ1n) is 10.7. The topological polar surface area (TPSA) is 84.9 Å². The van der Waals surface area contributed by atoms with Crippen LogP contribution in [0.15, 0.2) is 72.8 Å². The van der Waals surface area contributed by atoms with Gasteiger partial charge in [0.25, 0.3) is 0 Å². The van der Waals surface area contributed by atoms with Crippen molar-refractivity contribution in [3.63, 3.8) is 0 Å². The van der Waals surface area contributed by atoms with Crippen LogP contribution in [0.25, 0.3) is 0 Å². The zero-order valence-electron chi connectivity index (χ0n) is 19.0.